The first-order valence-corrected chi connectivity index (χ1v) is 9.13. The van der Waals surface area contributed by atoms with Gasteiger partial charge in [0.05, 0.1) is 25.6 Å². The van der Waals surface area contributed by atoms with Crippen LogP contribution in [0.1, 0.15) is 29.9 Å². The fourth-order valence-electron chi connectivity index (χ4n) is 2.96. The number of nitrogens with one attached hydrogen (secondary N) is 1. The van der Waals surface area contributed by atoms with Crippen molar-refractivity contribution in [2.75, 3.05) is 6.61 Å². The Bertz CT molecular complexity index is 847. The van der Waals surface area contributed by atoms with E-state index in [1.165, 1.54) is 11.5 Å². The predicted octanol–water partition coefficient (Wildman–Crippen LogP) is 3.70. The van der Waals surface area contributed by atoms with Crippen molar-refractivity contribution in [1.82, 2.24) is 5.48 Å². The lowest BCUT2D eigenvalue weighted by atomic mass is 9.85. The maximum absolute atomic E-state index is 14.5. The predicted molar refractivity (Wildman–Crippen MR) is 101 cm³/mol. The van der Waals surface area contributed by atoms with Crippen molar-refractivity contribution in [3.8, 4) is 0 Å². The van der Waals surface area contributed by atoms with Crippen molar-refractivity contribution < 1.29 is 33.4 Å². The van der Waals surface area contributed by atoms with Crippen LogP contribution in [0.5, 0.6) is 0 Å². The molecule has 1 unspecified atom stereocenters. The molecule has 0 radical (unpaired) electrons. The Morgan fingerprint density at radius 2 is 1.83 bits per heavy atom. The zero-order valence-corrected chi connectivity index (χ0v) is 16.0. The maximum atomic E-state index is 14.5. The highest BCUT2D eigenvalue weighted by atomic mass is 35.5. The fourth-order valence-corrected chi connectivity index (χ4v) is 3.09. The molecule has 0 aliphatic rings. The molecule has 2 atom stereocenters. The van der Waals surface area contributed by atoms with E-state index in [-0.39, 0.29) is 31.4 Å². The zero-order valence-electron chi connectivity index (χ0n) is 15.3. The second kappa shape index (κ2) is 10.8. The molecule has 0 aromatic heterocycles. The lowest BCUT2D eigenvalue weighted by Gasteiger charge is -2.28. The van der Waals surface area contributed by atoms with E-state index in [2.05, 4.69) is 0 Å². The molecule has 29 heavy (non-hydrogen) atoms. The number of carboxylic acids is 1. The molecule has 0 aliphatic carbocycles. The van der Waals surface area contributed by atoms with E-state index in [4.69, 9.17) is 26.7 Å². The van der Waals surface area contributed by atoms with Gasteiger partial charge in [0.1, 0.15) is 11.6 Å². The molecular weight excluding hydrogens is 408 g/mol. The van der Waals surface area contributed by atoms with Gasteiger partial charge in [0.25, 0.3) is 0 Å². The molecule has 0 heterocycles. The highest BCUT2D eigenvalue weighted by Crippen LogP contribution is 2.31. The van der Waals surface area contributed by atoms with Gasteiger partial charge in [0, 0.05) is 17.0 Å². The molecule has 1 amide bonds. The summed E-state index contributed by atoms with van der Waals surface area (Å²) in [4.78, 5) is 22.6. The van der Waals surface area contributed by atoms with Gasteiger partial charge in [-0.25, -0.2) is 14.3 Å². The fraction of sp³-hybridized carbons (Fsp3) is 0.300. The SMILES string of the molecule is O=C(O)CCO[C@H](CC(=O)NO)C(Cc1ccc(Cl)cc1)c1ccc(F)cc1F. The molecule has 0 saturated carbocycles. The molecule has 2 rings (SSSR count). The molecule has 0 saturated heterocycles. The van der Waals surface area contributed by atoms with E-state index in [1.54, 1.807) is 24.3 Å². The molecule has 3 N–H and O–H groups in total. The first kappa shape index (κ1) is 22.7. The molecule has 9 heteroatoms. The Balaban J connectivity index is 2.39. The summed E-state index contributed by atoms with van der Waals surface area (Å²) in [6, 6.07) is 9.81. The number of hydroxylamine groups is 1. The molecule has 6 nitrogen and oxygen atoms in total. The van der Waals surface area contributed by atoms with E-state index in [9.17, 15) is 18.4 Å². The topological polar surface area (TPSA) is 95.9 Å². The first-order valence-electron chi connectivity index (χ1n) is 8.76. The number of amides is 1. The van der Waals surface area contributed by atoms with Crippen LogP contribution in [0.15, 0.2) is 42.5 Å². The van der Waals surface area contributed by atoms with Gasteiger partial charge in [-0.2, -0.15) is 0 Å². The first-order chi connectivity index (χ1) is 13.8. The highest BCUT2D eigenvalue weighted by molar-refractivity contribution is 6.30. The van der Waals surface area contributed by atoms with E-state index in [1.807, 2.05) is 0 Å². The van der Waals surface area contributed by atoms with Crippen LogP contribution < -0.4 is 5.48 Å². The summed E-state index contributed by atoms with van der Waals surface area (Å²) >= 11 is 5.89. The van der Waals surface area contributed by atoms with Crippen molar-refractivity contribution in [3.63, 3.8) is 0 Å². The maximum Gasteiger partial charge on any atom is 0.305 e. The van der Waals surface area contributed by atoms with Gasteiger partial charge >= 0.3 is 5.97 Å². The van der Waals surface area contributed by atoms with Crippen molar-refractivity contribution >= 4 is 23.5 Å². The number of carboxylic acid groups (broad SMARTS) is 1. The molecule has 2 aromatic rings. The van der Waals surface area contributed by atoms with Gasteiger partial charge in [-0.3, -0.25) is 14.8 Å². The Morgan fingerprint density at radius 1 is 1.14 bits per heavy atom. The smallest absolute Gasteiger partial charge is 0.305 e. The summed E-state index contributed by atoms with van der Waals surface area (Å²) in [6.07, 6.45) is -1.45. The molecule has 156 valence electrons. The van der Waals surface area contributed by atoms with Gasteiger partial charge < -0.3 is 9.84 Å². The third kappa shape index (κ3) is 7.08. The highest BCUT2D eigenvalue weighted by Gasteiger charge is 2.29. The lowest BCUT2D eigenvalue weighted by molar-refractivity contribution is -0.139. The van der Waals surface area contributed by atoms with Gasteiger partial charge in [0.2, 0.25) is 5.91 Å². The minimum absolute atomic E-state index is 0.104. The van der Waals surface area contributed by atoms with E-state index >= 15 is 0 Å². The Kier molecular flexibility index (Phi) is 8.50. The average Bonchev–Trinajstić information content (AvgIpc) is 2.67. The Hall–Kier alpha value is -2.55. The summed E-state index contributed by atoms with van der Waals surface area (Å²) in [5.74, 6) is -4.22. The second-order valence-electron chi connectivity index (χ2n) is 6.40. The third-order valence-electron chi connectivity index (χ3n) is 4.34. The van der Waals surface area contributed by atoms with Crippen LogP contribution in [0.2, 0.25) is 5.02 Å². The van der Waals surface area contributed by atoms with E-state index in [0.29, 0.717) is 5.02 Å². The van der Waals surface area contributed by atoms with Gasteiger partial charge in [-0.1, -0.05) is 29.8 Å². The van der Waals surface area contributed by atoms with E-state index in [0.717, 1.165) is 17.7 Å². The van der Waals surface area contributed by atoms with Gasteiger partial charge in [-0.05, 0) is 35.7 Å². The summed E-state index contributed by atoms with van der Waals surface area (Å²) < 4.78 is 33.5. The molecular formula is C20H20ClF2NO5. The second-order valence-corrected chi connectivity index (χ2v) is 6.83. The minimum Gasteiger partial charge on any atom is -0.481 e. The standard InChI is InChI=1S/C20H20ClF2NO5/c21-13-3-1-12(2-4-13)9-16(15-6-5-14(22)10-17(15)23)18(11-19(25)24-28)29-8-7-20(26)27/h1-6,10,16,18,28H,7-9,11H2,(H,24,25)(H,26,27)/t16?,18-/m1/s1. The van der Waals surface area contributed by atoms with Crippen LogP contribution in [0.25, 0.3) is 0 Å². The van der Waals surface area contributed by atoms with Crippen molar-refractivity contribution in [2.45, 2.75) is 31.3 Å². The molecule has 0 bridgehead atoms. The average molecular weight is 428 g/mol. The van der Waals surface area contributed by atoms with Crippen LogP contribution in [0.3, 0.4) is 0 Å². The third-order valence-corrected chi connectivity index (χ3v) is 4.59. The number of benzene rings is 2. The summed E-state index contributed by atoms with van der Waals surface area (Å²) in [5, 5.41) is 18.2. The van der Waals surface area contributed by atoms with Crippen molar-refractivity contribution in [1.29, 1.82) is 0 Å². The lowest BCUT2D eigenvalue weighted by Crippen LogP contribution is -2.32. The number of halogens is 3. The molecule has 0 aliphatic heterocycles. The Labute approximate surface area is 171 Å². The summed E-state index contributed by atoms with van der Waals surface area (Å²) in [6.45, 7) is -0.224. The molecule has 0 spiro atoms. The zero-order chi connectivity index (χ0) is 21.4. The van der Waals surface area contributed by atoms with Crippen molar-refractivity contribution in [3.05, 3.63) is 70.2 Å². The van der Waals surface area contributed by atoms with E-state index < -0.39 is 35.5 Å². The normalized spacial score (nSPS) is 13.0. The monoisotopic (exact) mass is 427 g/mol. The van der Waals surface area contributed by atoms with Crippen LogP contribution in [0.4, 0.5) is 8.78 Å². The Morgan fingerprint density at radius 3 is 2.41 bits per heavy atom. The van der Waals surface area contributed by atoms with Crippen LogP contribution in [-0.4, -0.2) is 34.9 Å². The number of rotatable bonds is 10. The van der Waals surface area contributed by atoms with Crippen LogP contribution >= 0.6 is 11.6 Å². The summed E-state index contributed by atoms with van der Waals surface area (Å²) in [5.41, 5.74) is 2.34. The van der Waals surface area contributed by atoms with Gasteiger partial charge in [-0.15, -0.1) is 0 Å². The van der Waals surface area contributed by atoms with Gasteiger partial charge in [0.15, 0.2) is 0 Å². The summed E-state index contributed by atoms with van der Waals surface area (Å²) in [7, 11) is 0. The number of carbonyl (C=O) groups is 2. The molecule has 0 fully saturated rings. The number of aliphatic carboxylic acids is 1. The minimum atomic E-state index is -1.10. The number of carbonyl (C=O) groups excluding carboxylic acids is 1. The van der Waals surface area contributed by atoms with Crippen LogP contribution in [0, 0.1) is 11.6 Å². The van der Waals surface area contributed by atoms with Crippen LogP contribution in [-0.2, 0) is 20.7 Å². The molecule has 2 aromatic carbocycles. The largest absolute Gasteiger partial charge is 0.481 e. The number of ether oxygens (including phenoxy) is 1. The number of hydrogen-bond donors (Lipinski definition) is 3. The van der Waals surface area contributed by atoms with Crippen molar-refractivity contribution in [2.24, 2.45) is 0 Å². The quantitative estimate of drug-likeness (QED) is 0.397. The number of hydrogen-bond acceptors (Lipinski definition) is 4.